The molecule has 0 aliphatic heterocycles. The molecule has 2 aromatic heterocycles. The Bertz CT molecular complexity index is 1250. The molecule has 158 valence electrons. The van der Waals surface area contributed by atoms with E-state index >= 15 is 0 Å². The minimum absolute atomic E-state index is 0.107. The Morgan fingerprint density at radius 1 is 0.935 bits per heavy atom. The van der Waals surface area contributed by atoms with E-state index in [9.17, 15) is 13.2 Å². The van der Waals surface area contributed by atoms with Gasteiger partial charge in [-0.05, 0) is 60.7 Å². The lowest BCUT2D eigenvalue weighted by molar-refractivity contribution is 0.0951. The van der Waals surface area contributed by atoms with Gasteiger partial charge >= 0.3 is 0 Å². The van der Waals surface area contributed by atoms with E-state index in [0.717, 1.165) is 5.56 Å². The van der Waals surface area contributed by atoms with Crippen molar-refractivity contribution in [2.75, 3.05) is 7.11 Å². The molecule has 0 saturated heterocycles. The van der Waals surface area contributed by atoms with Crippen LogP contribution in [-0.2, 0) is 9.84 Å². The standard InChI is InChI=1S/C24H20O6S/c1-28-18-11-9-17(10-12-18)21-13-14-23(30-21)24(16-20(25)22-8-5-15-29-22)31(26,27)19-6-3-2-4-7-19/h2-15,24H,16H2,1H3. The van der Waals surface area contributed by atoms with E-state index in [1.165, 1.54) is 24.5 Å². The smallest absolute Gasteiger partial charge is 0.199 e. The van der Waals surface area contributed by atoms with Crippen LogP contribution in [0, 0.1) is 0 Å². The average molecular weight is 436 g/mol. The fourth-order valence-electron chi connectivity index (χ4n) is 3.28. The lowest BCUT2D eigenvalue weighted by Crippen LogP contribution is -2.17. The lowest BCUT2D eigenvalue weighted by atomic mass is 10.1. The molecule has 0 radical (unpaired) electrons. The van der Waals surface area contributed by atoms with Gasteiger partial charge in [0, 0.05) is 12.0 Å². The highest BCUT2D eigenvalue weighted by Gasteiger charge is 2.34. The number of benzene rings is 2. The topological polar surface area (TPSA) is 86.7 Å². The molecule has 31 heavy (non-hydrogen) atoms. The second-order valence-electron chi connectivity index (χ2n) is 6.88. The van der Waals surface area contributed by atoms with Crippen molar-refractivity contribution in [1.82, 2.24) is 0 Å². The van der Waals surface area contributed by atoms with Crippen LogP contribution in [0.2, 0.25) is 0 Å². The highest BCUT2D eigenvalue weighted by atomic mass is 32.2. The summed E-state index contributed by atoms with van der Waals surface area (Å²) in [6.07, 6.45) is 1.07. The van der Waals surface area contributed by atoms with E-state index in [1.807, 2.05) is 12.1 Å². The fourth-order valence-corrected chi connectivity index (χ4v) is 4.95. The minimum Gasteiger partial charge on any atom is -0.497 e. The van der Waals surface area contributed by atoms with Gasteiger partial charge in [-0.15, -0.1) is 0 Å². The quantitative estimate of drug-likeness (QED) is 0.347. The summed E-state index contributed by atoms with van der Waals surface area (Å²) in [5, 5.41) is -1.19. The molecule has 0 saturated carbocycles. The maximum atomic E-state index is 13.4. The number of hydrogen-bond donors (Lipinski definition) is 0. The zero-order valence-electron chi connectivity index (χ0n) is 16.7. The second kappa shape index (κ2) is 8.65. The lowest BCUT2D eigenvalue weighted by Gasteiger charge is -2.15. The van der Waals surface area contributed by atoms with Gasteiger partial charge in [0.1, 0.15) is 22.5 Å². The molecule has 7 heteroatoms. The number of methoxy groups -OCH3 is 1. The summed E-state index contributed by atoms with van der Waals surface area (Å²) in [6, 6.07) is 21.6. The number of ketones is 1. The Morgan fingerprint density at radius 3 is 2.32 bits per heavy atom. The van der Waals surface area contributed by atoms with Crippen LogP contribution in [0.25, 0.3) is 11.3 Å². The molecular formula is C24H20O6S. The number of rotatable bonds is 8. The molecule has 0 aliphatic rings. The summed E-state index contributed by atoms with van der Waals surface area (Å²) in [6.45, 7) is 0. The summed E-state index contributed by atoms with van der Waals surface area (Å²) in [5.74, 6) is 1.07. The first-order valence-corrected chi connectivity index (χ1v) is 11.1. The van der Waals surface area contributed by atoms with Gasteiger partial charge in [0.25, 0.3) is 0 Å². The largest absolute Gasteiger partial charge is 0.497 e. The predicted octanol–water partition coefficient (Wildman–Crippen LogP) is 5.34. The zero-order valence-corrected chi connectivity index (χ0v) is 17.5. The van der Waals surface area contributed by atoms with E-state index in [1.54, 1.807) is 55.6 Å². The van der Waals surface area contributed by atoms with Crippen molar-refractivity contribution in [2.24, 2.45) is 0 Å². The third kappa shape index (κ3) is 4.32. The highest BCUT2D eigenvalue weighted by Crippen LogP contribution is 2.36. The first kappa shape index (κ1) is 20.7. The van der Waals surface area contributed by atoms with Crippen molar-refractivity contribution in [1.29, 1.82) is 0 Å². The number of furan rings is 2. The van der Waals surface area contributed by atoms with Crippen molar-refractivity contribution < 1.29 is 26.8 Å². The summed E-state index contributed by atoms with van der Waals surface area (Å²) < 4.78 is 43.1. The third-order valence-electron chi connectivity index (χ3n) is 4.93. The molecule has 2 heterocycles. The van der Waals surface area contributed by atoms with Crippen LogP contribution in [0.3, 0.4) is 0 Å². The Hall–Kier alpha value is -3.58. The molecule has 0 aliphatic carbocycles. The van der Waals surface area contributed by atoms with E-state index in [-0.39, 0.29) is 22.8 Å². The number of ether oxygens (including phenoxy) is 1. The first-order valence-electron chi connectivity index (χ1n) is 9.59. The van der Waals surface area contributed by atoms with Crippen LogP contribution in [0.5, 0.6) is 5.75 Å². The van der Waals surface area contributed by atoms with Gasteiger partial charge in [-0.25, -0.2) is 8.42 Å². The molecule has 0 spiro atoms. The molecule has 4 rings (SSSR count). The highest BCUT2D eigenvalue weighted by molar-refractivity contribution is 7.91. The Balaban J connectivity index is 1.72. The van der Waals surface area contributed by atoms with Gasteiger partial charge in [-0.2, -0.15) is 0 Å². The van der Waals surface area contributed by atoms with Crippen LogP contribution in [-0.4, -0.2) is 21.3 Å². The van der Waals surface area contributed by atoms with E-state index < -0.39 is 20.9 Å². The monoisotopic (exact) mass is 436 g/mol. The zero-order chi connectivity index (χ0) is 21.8. The summed E-state index contributed by atoms with van der Waals surface area (Å²) in [5.41, 5.74) is 0.764. The molecule has 0 fully saturated rings. The van der Waals surface area contributed by atoms with E-state index in [2.05, 4.69) is 0 Å². The van der Waals surface area contributed by atoms with Crippen LogP contribution in [0.15, 0.2) is 98.9 Å². The molecule has 0 amide bonds. The van der Waals surface area contributed by atoms with Crippen molar-refractivity contribution in [3.63, 3.8) is 0 Å². The normalized spacial score (nSPS) is 12.4. The molecular weight excluding hydrogens is 416 g/mol. The fraction of sp³-hybridized carbons (Fsp3) is 0.125. The number of carbonyl (C=O) groups excluding carboxylic acids is 1. The van der Waals surface area contributed by atoms with Crippen molar-refractivity contribution in [2.45, 2.75) is 16.6 Å². The predicted molar refractivity (Wildman–Crippen MR) is 115 cm³/mol. The molecule has 2 aromatic carbocycles. The number of carbonyl (C=O) groups is 1. The van der Waals surface area contributed by atoms with Crippen LogP contribution >= 0.6 is 0 Å². The van der Waals surface area contributed by atoms with Crippen molar-refractivity contribution >= 4 is 15.6 Å². The summed E-state index contributed by atoms with van der Waals surface area (Å²) in [7, 11) is -2.32. The maximum Gasteiger partial charge on any atom is 0.199 e. The molecule has 0 bridgehead atoms. The van der Waals surface area contributed by atoms with E-state index in [0.29, 0.717) is 11.5 Å². The third-order valence-corrected chi connectivity index (χ3v) is 7.01. The molecule has 4 aromatic rings. The Kier molecular flexibility index (Phi) is 5.77. The van der Waals surface area contributed by atoms with Gasteiger partial charge in [-0.3, -0.25) is 4.79 Å². The maximum absolute atomic E-state index is 13.4. The molecule has 0 N–H and O–H groups in total. The number of sulfone groups is 1. The van der Waals surface area contributed by atoms with Crippen LogP contribution in [0.4, 0.5) is 0 Å². The average Bonchev–Trinajstić information content (AvgIpc) is 3.50. The molecule has 1 unspecified atom stereocenters. The number of hydrogen-bond acceptors (Lipinski definition) is 6. The van der Waals surface area contributed by atoms with Gasteiger partial charge in [0.2, 0.25) is 0 Å². The SMILES string of the molecule is COc1ccc(-c2ccc(C(CC(=O)c3ccco3)S(=O)(=O)c3ccccc3)o2)cc1. The van der Waals surface area contributed by atoms with Gasteiger partial charge < -0.3 is 13.6 Å². The second-order valence-corrected chi connectivity index (χ2v) is 9.01. The van der Waals surface area contributed by atoms with Gasteiger partial charge in [0.05, 0.1) is 18.3 Å². The summed E-state index contributed by atoms with van der Waals surface area (Å²) >= 11 is 0. The van der Waals surface area contributed by atoms with Gasteiger partial charge in [-0.1, -0.05) is 18.2 Å². The molecule has 1 atom stereocenters. The van der Waals surface area contributed by atoms with Gasteiger partial charge in [0.15, 0.2) is 21.4 Å². The van der Waals surface area contributed by atoms with Crippen molar-refractivity contribution in [3.05, 3.63) is 96.6 Å². The minimum atomic E-state index is -3.90. The molecule has 6 nitrogen and oxygen atoms in total. The first-order chi connectivity index (χ1) is 15.0. The van der Waals surface area contributed by atoms with Crippen molar-refractivity contribution in [3.8, 4) is 17.1 Å². The Labute approximate surface area is 180 Å². The summed E-state index contributed by atoms with van der Waals surface area (Å²) in [4.78, 5) is 12.8. The van der Waals surface area contributed by atoms with Crippen LogP contribution in [0.1, 0.15) is 28.0 Å². The van der Waals surface area contributed by atoms with Crippen LogP contribution < -0.4 is 4.74 Å². The number of Topliss-reactive ketones (excluding diaryl/α,β-unsaturated/α-hetero) is 1. The Morgan fingerprint density at radius 2 is 1.68 bits per heavy atom. The van der Waals surface area contributed by atoms with E-state index in [4.69, 9.17) is 13.6 Å².